The van der Waals surface area contributed by atoms with E-state index in [4.69, 9.17) is 10.3 Å². The molecule has 7 heteroatoms. The molecule has 0 amide bonds. The Labute approximate surface area is 161 Å². The molecule has 152 valence electrons. The maximum atomic E-state index is 9.96. The van der Waals surface area contributed by atoms with Crippen molar-refractivity contribution in [3.63, 3.8) is 0 Å². The molecule has 3 aliphatic rings. The van der Waals surface area contributed by atoms with Crippen LogP contribution in [0.15, 0.2) is 30.4 Å². The van der Waals surface area contributed by atoms with Crippen LogP contribution in [0.4, 0.5) is 0 Å². The minimum Gasteiger partial charge on any atom is -0.390 e. The normalized spacial score (nSPS) is 44.5. The lowest BCUT2D eigenvalue weighted by molar-refractivity contribution is -0.0243. The van der Waals surface area contributed by atoms with Gasteiger partial charge in [0, 0.05) is 15.7 Å². The third-order valence-electron chi connectivity index (χ3n) is 6.84. The number of epoxide rings is 1. The van der Waals surface area contributed by atoms with Gasteiger partial charge in [-0.1, -0.05) is 31.1 Å². The van der Waals surface area contributed by atoms with E-state index in [1.807, 2.05) is 13.0 Å². The number of aliphatic hydroxyl groups excluding tert-OH is 3. The molecular formula is C20H33N3O4. The van der Waals surface area contributed by atoms with E-state index in [1.165, 1.54) is 0 Å². The second-order valence-corrected chi connectivity index (χ2v) is 8.12. The van der Waals surface area contributed by atoms with Crippen LogP contribution in [0.1, 0.15) is 52.4 Å². The van der Waals surface area contributed by atoms with Gasteiger partial charge in [0.25, 0.3) is 0 Å². The molecule has 8 atom stereocenters. The third-order valence-corrected chi connectivity index (χ3v) is 6.84. The summed E-state index contributed by atoms with van der Waals surface area (Å²) in [5.41, 5.74) is 8.04. The molecule has 0 aromatic heterocycles. The molecule has 0 aromatic carbocycles. The van der Waals surface area contributed by atoms with Gasteiger partial charge < -0.3 is 20.1 Å². The molecule has 2 saturated carbocycles. The molecule has 1 heterocycles. The Bertz CT molecular complexity index is 594. The first-order valence-electron chi connectivity index (χ1n) is 9.80. The van der Waals surface area contributed by atoms with Crippen LogP contribution in [0.2, 0.25) is 0 Å². The molecule has 0 radical (unpaired) electrons. The highest BCUT2D eigenvalue weighted by atomic mass is 16.6. The number of ether oxygens (including phenoxy) is 1. The predicted molar refractivity (Wildman–Crippen MR) is 104 cm³/mol. The summed E-state index contributed by atoms with van der Waals surface area (Å²) in [6.07, 6.45) is 6.91. The van der Waals surface area contributed by atoms with Crippen LogP contribution in [-0.2, 0) is 4.74 Å². The lowest BCUT2D eigenvalue weighted by atomic mass is 9.77. The van der Waals surface area contributed by atoms with Crippen LogP contribution < -0.4 is 0 Å². The van der Waals surface area contributed by atoms with Gasteiger partial charge in [0.15, 0.2) is 0 Å². The molecule has 27 heavy (non-hydrogen) atoms. The van der Waals surface area contributed by atoms with Gasteiger partial charge in [-0.2, -0.15) is 0 Å². The zero-order valence-corrected chi connectivity index (χ0v) is 16.4. The lowest BCUT2D eigenvalue weighted by Gasteiger charge is -2.32. The highest BCUT2D eigenvalue weighted by Crippen LogP contribution is 2.53. The number of azide groups is 1. The van der Waals surface area contributed by atoms with Gasteiger partial charge in [0.1, 0.15) is 6.10 Å². The first-order chi connectivity index (χ1) is 12.8. The fraction of sp³-hybridized carbons (Fsp3) is 0.800. The summed E-state index contributed by atoms with van der Waals surface area (Å²) in [5, 5.41) is 33.1. The Morgan fingerprint density at radius 1 is 1.07 bits per heavy atom. The molecule has 3 N–H and O–H groups in total. The van der Waals surface area contributed by atoms with E-state index in [2.05, 4.69) is 30.1 Å². The summed E-state index contributed by atoms with van der Waals surface area (Å²) in [6, 6.07) is -0.523. The third kappa shape index (κ3) is 4.08. The second-order valence-electron chi connectivity index (χ2n) is 8.12. The maximum absolute atomic E-state index is 9.96. The molecule has 7 nitrogen and oxygen atoms in total. The van der Waals surface area contributed by atoms with Gasteiger partial charge >= 0.3 is 0 Å². The van der Waals surface area contributed by atoms with Gasteiger partial charge in [-0.3, -0.25) is 0 Å². The molecule has 1 saturated heterocycles. The second kappa shape index (κ2) is 8.76. The smallest absolute Gasteiger partial charge is 0.111 e. The number of hydrogen-bond acceptors (Lipinski definition) is 5. The van der Waals surface area contributed by atoms with Crippen molar-refractivity contribution >= 4 is 0 Å². The van der Waals surface area contributed by atoms with Crippen molar-refractivity contribution in [1.29, 1.82) is 0 Å². The van der Waals surface area contributed by atoms with Crippen LogP contribution in [-0.4, -0.2) is 51.9 Å². The molecule has 0 aromatic rings. The van der Waals surface area contributed by atoms with Gasteiger partial charge in [0.2, 0.25) is 0 Å². The van der Waals surface area contributed by atoms with E-state index < -0.39 is 18.2 Å². The Morgan fingerprint density at radius 2 is 1.63 bits per heavy atom. The fourth-order valence-corrected chi connectivity index (χ4v) is 4.85. The van der Waals surface area contributed by atoms with E-state index in [9.17, 15) is 15.3 Å². The molecule has 3 rings (SSSR count). The van der Waals surface area contributed by atoms with Crippen LogP contribution in [0, 0.1) is 10.8 Å². The highest BCUT2D eigenvalue weighted by molar-refractivity contribution is 5.11. The summed E-state index contributed by atoms with van der Waals surface area (Å²) in [6.45, 7) is 11.5. The van der Waals surface area contributed by atoms with Crippen molar-refractivity contribution in [2.24, 2.45) is 15.9 Å². The minimum absolute atomic E-state index is 0.0787. The van der Waals surface area contributed by atoms with Crippen molar-refractivity contribution in [3.05, 3.63) is 35.8 Å². The first kappa shape index (κ1) is 21.9. The molecular weight excluding hydrogens is 346 g/mol. The van der Waals surface area contributed by atoms with E-state index in [0.29, 0.717) is 18.9 Å². The summed E-state index contributed by atoms with van der Waals surface area (Å²) in [4.78, 5) is 2.69. The molecule has 0 spiro atoms. The Balaban J connectivity index is 0.000000198. The van der Waals surface area contributed by atoms with Gasteiger partial charge in [0.05, 0.1) is 30.5 Å². The summed E-state index contributed by atoms with van der Waals surface area (Å²) in [5.74, 6) is 0. The number of rotatable bonds is 7. The van der Waals surface area contributed by atoms with Crippen molar-refractivity contribution in [2.75, 3.05) is 0 Å². The number of nitrogens with zero attached hydrogens (tertiary/aromatic N) is 3. The van der Waals surface area contributed by atoms with E-state index in [-0.39, 0.29) is 23.0 Å². The van der Waals surface area contributed by atoms with Gasteiger partial charge in [-0.05, 0) is 44.1 Å². The van der Waals surface area contributed by atoms with Crippen molar-refractivity contribution in [3.8, 4) is 0 Å². The number of hydrogen-bond donors (Lipinski definition) is 3. The van der Waals surface area contributed by atoms with Crippen LogP contribution in [0.5, 0.6) is 0 Å². The summed E-state index contributed by atoms with van der Waals surface area (Å²) < 4.78 is 5.28. The average molecular weight is 380 g/mol. The lowest BCUT2D eigenvalue weighted by Crippen LogP contribution is -2.36. The topological polar surface area (TPSA) is 122 Å². The van der Waals surface area contributed by atoms with E-state index >= 15 is 0 Å². The summed E-state index contributed by atoms with van der Waals surface area (Å²) in [7, 11) is 0. The van der Waals surface area contributed by atoms with Crippen LogP contribution in [0.3, 0.4) is 0 Å². The Kier molecular flexibility index (Phi) is 7.11. The molecule has 3 fully saturated rings. The zero-order chi connectivity index (χ0) is 20.2. The first-order valence-corrected chi connectivity index (χ1v) is 9.80. The molecule has 2 aliphatic carbocycles. The Hall–Kier alpha value is -1.37. The van der Waals surface area contributed by atoms with Gasteiger partial charge in [-0.25, -0.2) is 0 Å². The van der Waals surface area contributed by atoms with Gasteiger partial charge in [-0.15, -0.1) is 13.2 Å². The summed E-state index contributed by atoms with van der Waals surface area (Å²) >= 11 is 0. The SMILES string of the molecule is C=CC[C@@]1(CC)C[C@@H](N=[N+]=[N-])[C@H](O)[C@@H]1O.C=CC[C@@]1(CC)C[C@@H]2O[C@@H]2[C@@H]1O. The van der Waals surface area contributed by atoms with E-state index in [1.54, 1.807) is 6.08 Å². The minimum atomic E-state index is -0.958. The van der Waals surface area contributed by atoms with Crippen LogP contribution >= 0.6 is 0 Å². The van der Waals surface area contributed by atoms with Crippen LogP contribution in [0.25, 0.3) is 10.4 Å². The zero-order valence-electron chi connectivity index (χ0n) is 16.4. The highest BCUT2D eigenvalue weighted by Gasteiger charge is 2.61. The number of aliphatic hydroxyl groups is 3. The standard InChI is InChI=1S/C10H17N3O2.C10H16O2/c1-3-5-10(4-2)6-7(12-13-11)8(14)9(10)15;1-3-5-10(4-2)6-7-8(12-7)9(10)11/h3,7-9,14-15H,1,4-6H2,2H3;3,7-9,11H,1,4-6H2,2H3/t7-,8+,9+,10+;7-,8-,9-,10-/m10/s1. The Morgan fingerprint density at radius 3 is 2.04 bits per heavy atom. The van der Waals surface area contributed by atoms with E-state index in [0.717, 1.165) is 25.7 Å². The fourth-order valence-electron chi connectivity index (χ4n) is 4.85. The van der Waals surface area contributed by atoms with Crippen molar-refractivity contribution in [1.82, 2.24) is 0 Å². The number of allylic oxidation sites excluding steroid dienone is 2. The van der Waals surface area contributed by atoms with Crippen molar-refractivity contribution in [2.45, 2.75) is 88.9 Å². The number of fused-ring (bicyclic) bond motifs is 1. The van der Waals surface area contributed by atoms with Crippen molar-refractivity contribution < 1.29 is 20.1 Å². The average Bonchev–Trinajstić information content (AvgIpc) is 3.32. The predicted octanol–water partition coefficient (Wildman–Crippen LogP) is 3.25. The quantitative estimate of drug-likeness (QED) is 0.207. The molecule has 0 unspecified atom stereocenters. The molecule has 0 bridgehead atoms. The maximum Gasteiger partial charge on any atom is 0.111 e. The molecule has 1 aliphatic heterocycles. The monoisotopic (exact) mass is 379 g/mol. The largest absolute Gasteiger partial charge is 0.390 e.